The van der Waals surface area contributed by atoms with E-state index in [1.807, 2.05) is 0 Å². The molecule has 0 atom stereocenters. The van der Waals surface area contributed by atoms with Crippen LogP contribution in [0.1, 0.15) is 0 Å². The van der Waals surface area contributed by atoms with E-state index in [-0.39, 0.29) is 0 Å². The summed E-state index contributed by atoms with van der Waals surface area (Å²) in [5.41, 5.74) is 0. The Hall–Kier alpha value is 1.32. The summed E-state index contributed by atoms with van der Waals surface area (Å²) in [5, 5.41) is 0. The first-order valence-electron chi connectivity index (χ1n) is 1.07. The first kappa shape index (κ1) is 6.32. The molecule has 37 valence electrons. The second-order valence-electron chi connectivity index (χ2n) is 0.715. The van der Waals surface area contributed by atoms with Crippen LogP contribution < -0.4 is 0 Å². The Kier molecular flexibility index (Phi) is 4.44. The minimum atomic E-state index is 0.532. The third-order valence-corrected chi connectivity index (χ3v) is 6.27. The molecule has 3 heteroatoms. The summed E-state index contributed by atoms with van der Waals surface area (Å²) >= 11 is 4.84. The van der Waals surface area contributed by atoms with Crippen molar-refractivity contribution in [3.05, 3.63) is 0 Å². The molecule has 0 aromatic heterocycles. The fraction of sp³-hybridized carbons (Fsp3) is 1.00. The van der Waals surface area contributed by atoms with Gasteiger partial charge in [-0.1, -0.05) is 0 Å². The Labute approximate surface area is 46.8 Å². The number of rotatable bonds is 0. The van der Waals surface area contributed by atoms with Crippen molar-refractivity contribution in [3.63, 3.8) is 0 Å². The van der Waals surface area contributed by atoms with E-state index in [0.717, 1.165) is 0 Å². The van der Waals surface area contributed by atoms with E-state index in [1.165, 1.54) is 0 Å². The quantitative estimate of drug-likeness (QED) is 0.524. The van der Waals surface area contributed by atoms with Crippen molar-refractivity contribution in [1.29, 1.82) is 0 Å². The molecular weight excluding hydrogens is 195 g/mol. The average molecular weight is 201 g/mol. The van der Waals surface area contributed by atoms with Crippen molar-refractivity contribution < 1.29 is 11.1 Å². The third kappa shape index (κ3) is 5.32. The summed E-state index contributed by atoms with van der Waals surface area (Å²) in [7, 11) is 0.532. The van der Waals surface area contributed by atoms with Crippen molar-refractivity contribution >= 4 is 23.1 Å². The molecule has 0 fully saturated rings. The predicted octanol–water partition coefficient (Wildman–Crippen LogP) is 1.82. The molecule has 0 N–H and O–H groups in total. The van der Waals surface area contributed by atoms with Crippen molar-refractivity contribution in [1.82, 2.24) is 0 Å². The van der Waals surface area contributed by atoms with E-state index in [0.29, 0.717) is 8.92 Å². The molecule has 0 radical (unpaired) electrons. The Morgan fingerprint density at radius 3 is 1.80 bits per heavy atom. The van der Waals surface area contributed by atoms with Crippen molar-refractivity contribution in [2.45, 2.75) is 0 Å². The van der Waals surface area contributed by atoms with Crippen LogP contribution in [0.3, 0.4) is 0 Å². The molecule has 0 nitrogen and oxygen atoms in total. The summed E-state index contributed by atoms with van der Waals surface area (Å²) in [5.74, 6) is 0. The SMILES string of the molecule is C[S](C)=[Ni][Br]. The molecule has 0 aromatic carbocycles. The number of hydrogen-bond acceptors (Lipinski definition) is 0. The molecule has 0 heterocycles. The van der Waals surface area contributed by atoms with Crippen LogP contribution in [-0.2, 0) is 11.1 Å². The summed E-state index contributed by atoms with van der Waals surface area (Å²) < 4.78 is 0. The Balaban J connectivity index is 3.14. The van der Waals surface area contributed by atoms with Crippen LogP contribution in [0, 0.1) is 0 Å². The van der Waals surface area contributed by atoms with Gasteiger partial charge in [0.05, 0.1) is 0 Å². The second-order valence-corrected chi connectivity index (χ2v) is 7.55. The van der Waals surface area contributed by atoms with Crippen LogP contribution in [0.25, 0.3) is 0 Å². The molecule has 0 amide bonds. The predicted molar refractivity (Wildman–Crippen MR) is 28.4 cm³/mol. The van der Waals surface area contributed by atoms with Gasteiger partial charge in [0.1, 0.15) is 0 Å². The molecule has 0 aromatic rings. The molecule has 0 unspecified atom stereocenters. The Bertz CT molecular complexity index is 47.6. The zero-order valence-corrected chi connectivity index (χ0v) is 6.49. The zero-order chi connectivity index (χ0) is 4.28. The standard InChI is InChI=1S/C2H6S.BrH.Ni/c1-3-2;;/h1-2H3;1H;/q;;+1/p-1. The van der Waals surface area contributed by atoms with Crippen LogP contribution in [0.4, 0.5) is 0 Å². The minimum absolute atomic E-state index is 0.532. The van der Waals surface area contributed by atoms with Crippen LogP contribution >= 0.6 is 23.1 Å². The molecule has 0 bridgehead atoms. The number of halogens is 1. The number of hydrogen-bond donors (Lipinski definition) is 0. The molecule has 0 aliphatic carbocycles. The van der Waals surface area contributed by atoms with Gasteiger partial charge in [-0.25, -0.2) is 0 Å². The van der Waals surface area contributed by atoms with Gasteiger partial charge in [-0.05, 0) is 0 Å². The fourth-order valence-electron chi connectivity index (χ4n) is 0. The van der Waals surface area contributed by atoms with Gasteiger partial charge in [-0.3, -0.25) is 0 Å². The topological polar surface area (TPSA) is 0 Å². The van der Waals surface area contributed by atoms with Gasteiger partial charge in [0.2, 0.25) is 0 Å². The van der Waals surface area contributed by atoms with Crippen LogP contribution in [0.2, 0.25) is 0 Å². The molecule has 5 heavy (non-hydrogen) atoms. The van der Waals surface area contributed by atoms with E-state index >= 15 is 0 Å². The molecule has 0 spiro atoms. The van der Waals surface area contributed by atoms with Crippen molar-refractivity contribution in [3.8, 4) is 0 Å². The summed E-state index contributed by atoms with van der Waals surface area (Å²) in [6.45, 7) is 0. The van der Waals surface area contributed by atoms with Gasteiger partial charge in [-0.15, -0.1) is 0 Å². The molecule has 0 aliphatic heterocycles. The molecular formula is C2H6BrNiS. The maximum absolute atomic E-state index is 3.26. The van der Waals surface area contributed by atoms with E-state index in [4.69, 9.17) is 0 Å². The monoisotopic (exact) mass is 199 g/mol. The van der Waals surface area contributed by atoms with E-state index in [1.54, 1.807) is 11.1 Å². The Morgan fingerprint density at radius 2 is 1.80 bits per heavy atom. The van der Waals surface area contributed by atoms with Crippen LogP contribution in [-0.4, -0.2) is 12.5 Å². The van der Waals surface area contributed by atoms with E-state index < -0.39 is 0 Å². The summed E-state index contributed by atoms with van der Waals surface area (Å²) in [6.07, 6.45) is 4.35. The van der Waals surface area contributed by atoms with Gasteiger partial charge in [0, 0.05) is 0 Å². The van der Waals surface area contributed by atoms with Crippen molar-refractivity contribution in [2.75, 3.05) is 12.5 Å². The first-order valence-corrected chi connectivity index (χ1v) is 6.61. The molecule has 0 aliphatic rings. The molecule has 0 saturated heterocycles. The van der Waals surface area contributed by atoms with Gasteiger partial charge >= 0.3 is 46.7 Å². The van der Waals surface area contributed by atoms with E-state index in [2.05, 4.69) is 26.7 Å². The van der Waals surface area contributed by atoms with Crippen LogP contribution in [0.5, 0.6) is 0 Å². The normalized spacial score (nSPS) is 10.4. The summed E-state index contributed by atoms with van der Waals surface area (Å²) in [4.78, 5) is 0. The third-order valence-electron chi connectivity index (χ3n) is 0.0976. The fourth-order valence-corrected chi connectivity index (χ4v) is 0. The maximum atomic E-state index is 3.26. The second kappa shape index (κ2) is 3.51. The molecule has 0 rings (SSSR count). The first-order chi connectivity index (χ1) is 2.27. The Morgan fingerprint density at radius 1 is 1.60 bits per heavy atom. The van der Waals surface area contributed by atoms with Crippen molar-refractivity contribution in [2.24, 2.45) is 0 Å². The van der Waals surface area contributed by atoms with Gasteiger partial charge in [-0.2, -0.15) is 0 Å². The van der Waals surface area contributed by atoms with E-state index in [9.17, 15) is 0 Å². The average Bonchev–Trinajstić information content (AvgIpc) is 1.38. The zero-order valence-electron chi connectivity index (χ0n) is 3.10. The van der Waals surface area contributed by atoms with Gasteiger partial charge < -0.3 is 0 Å². The molecule has 0 saturated carbocycles. The van der Waals surface area contributed by atoms with Gasteiger partial charge in [0.15, 0.2) is 0 Å². The van der Waals surface area contributed by atoms with Crippen LogP contribution in [0.15, 0.2) is 0 Å². The summed E-state index contributed by atoms with van der Waals surface area (Å²) in [6, 6.07) is 0. The van der Waals surface area contributed by atoms with Gasteiger partial charge in [0.25, 0.3) is 0 Å².